The van der Waals surface area contributed by atoms with Gasteiger partial charge in [0.15, 0.2) is 0 Å². The van der Waals surface area contributed by atoms with Gasteiger partial charge in [-0.1, -0.05) is 0 Å². The Hall–Kier alpha value is -1.88. The molecule has 0 N–H and O–H groups in total. The molecule has 3 heteroatoms. The van der Waals surface area contributed by atoms with E-state index in [0.717, 1.165) is 6.42 Å². The average molecular weight is 533 g/mol. The third kappa shape index (κ3) is 4.73. The van der Waals surface area contributed by atoms with Crippen molar-refractivity contribution in [1.82, 2.24) is 0 Å². The van der Waals surface area contributed by atoms with E-state index in [4.69, 9.17) is 9.47 Å². The first-order valence-electron chi connectivity index (χ1n) is 11.8. The second-order valence-corrected chi connectivity index (χ2v) is 19.8. The second kappa shape index (κ2) is 10.4. The van der Waals surface area contributed by atoms with Crippen molar-refractivity contribution in [2.75, 3.05) is 6.61 Å². The maximum atomic E-state index is 6.57. The van der Waals surface area contributed by atoms with Gasteiger partial charge < -0.3 is 0 Å². The van der Waals surface area contributed by atoms with Crippen molar-refractivity contribution < 1.29 is 9.47 Å². The fourth-order valence-electron chi connectivity index (χ4n) is 4.89. The Morgan fingerprint density at radius 2 is 1.31 bits per heavy atom. The average Bonchev–Trinajstić information content (AvgIpc) is 3.20. The standard InChI is InChI=1S/C11H19O2.3C6H5.Sn/c1-4-5-6-7-8-10-9-12-11(2,3)13-10;3*1-2-4-6-5-3-1;/h7,10H,4-6,9H2,1-3H3;3*1-5H;/t10-;;;;/m0..../s1. The molecule has 0 saturated carbocycles. The molecular formula is C29H34O2Sn. The molecule has 1 saturated heterocycles. The Balaban J connectivity index is 2.03. The van der Waals surface area contributed by atoms with E-state index < -0.39 is 24.2 Å². The molecule has 0 amide bonds. The van der Waals surface area contributed by atoms with Crippen LogP contribution >= 0.6 is 0 Å². The van der Waals surface area contributed by atoms with Gasteiger partial charge in [-0.25, -0.2) is 0 Å². The first-order valence-corrected chi connectivity index (χ1v) is 17.5. The third-order valence-corrected chi connectivity index (χ3v) is 20.6. The molecule has 0 radical (unpaired) electrons. The Morgan fingerprint density at radius 3 is 1.69 bits per heavy atom. The van der Waals surface area contributed by atoms with Crippen LogP contribution in [0, 0.1) is 0 Å². The molecule has 0 aromatic heterocycles. The van der Waals surface area contributed by atoms with Crippen LogP contribution in [0.4, 0.5) is 0 Å². The zero-order valence-corrected chi connectivity index (χ0v) is 22.3. The predicted molar refractivity (Wildman–Crippen MR) is 136 cm³/mol. The molecule has 0 spiro atoms. The van der Waals surface area contributed by atoms with Gasteiger partial charge in [0.25, 0.3) is 0 Å². The number of allylic oxidation sites excluding steroid dienone is 1. The summed E-state index contributed by atoms with van der Waals surface area (Å²) in [4.78, 5) is 0. The van der Waals surface area contributed by atoms with E-state index in [2.05, 4.69) is 104 Å². The van der Waals surface area contributed by atoms with E-state index in [-0.39, 0.29) is 6.10 Å². The van der Waals surface area contributed by atoms with E-state index in [1.54, 1.807) is 0 Å². The molecule has 1 fully saturated rings. The number of benzene rings is 3. The molecule has 1 atom stereocenters. The van der Waals surface area contributed by atoms with E-state index in [1.165, 1.54) is 27.2 Å². The van der Waals surface area contributed by atoms with Crippen LogP contribution in [0.15, 0.2) is 101 Å². The van der Waals surface area contributed by atoms with Gasteiger partial charge in [0.2, 0.25) is 0 Å². The molecule has 0 aliphatic carbocycles. The molecule has 1 aliphatic rings. The Morgan fingerprint density at radius 1 is 0.844 bits per heavy atom. The summed E-state index contributed by atoms with van der Waals surface area (Å²) < 4.78 is 18.5. The van der Waals surface area contributed by atoms with Gasteiger partial charge in [-0.3, -0.25) is 0 Å². The van der Waals surface area contributed by atoms with Crippen LogP contribution in [0.2, 0.25) is 0 Å². The molecule has 32 heavy (non-hydrogen) atoms. The second-order valence-electron chi connectivity index (χ2n) is 8.97. The minimum absolute atomic E-state index is 0.0294. The Bertz CT molecular complexity index is 916. The summed E-state index contributed by atoms with van der Waals surface area (Å²) in [7, 11) is 0. The van der Waals surface area contributed by atoms with Crippen LogP contribution in [-0.4, -0.2) is 36.9 Å². The van der Waals surface area contributed by atoms with Crippen LogP contribution in [0.1, 0.15) is 40.0 Å². The maximum absolute atomic E-state index is 6.57. The van der Waals surface area contributed by atoms with Crippen LogP contribution in [-0.2, 0) is 9.47 Å². The molecule has 166 valence electrons. The summed E-state index contributed by atoms with van der Waals surface area (Å²) in [6, 6.07) is 33.5. The van der Waals surface area contributed by atoms with Crippen LogP contribution in [0.25, 0.3) is 0 Å². The molecule has 0 unspecified atom stereocenters. The Labute approximate surface area is 197 Å². The zero-order valence-electron chi connectivity index (χ0n) is 19.5. The summed E-state index contributed by atoms with van der Waals surface area (Å²) >= 11 is -3.65. The quantitative estimate of drug-likeness (QED) is 0.301. The predicted octanol–water partition coefficient (Wildman–Crippen LogP) is 4.96. The van der Waals surface area contributed by atoms with Crippen molar-refractivity contribution in [3.8, 4) is 0 Å². The first-order chi connectivity index (χ1) is 15.6. The van der Waals surface area contributed by atoms with E-state index in [9.17, 15) is 0 Å². The van der Waals surface area contributed by atoms with Crippen molar-refractivity contribution in [3.05, 3.63) is 101 Å². The molecule has 1 aliphatic heterocycles. The van der Waals surface area contributed by atoms with Gasteiger partial charge >= 0.3 is 198 Å². The van der Waals surface area contributed by atoms with Crippen molar-refractivity contribution in [2.45, 2.75) is 51.9 Å². The van der Waals surface area contributed by atoms with Gasteiger partial charge in [-0.2, -0.15) is 0 Å². The van der Waals surface area contributed by atoms with E-state index >= 15 is 0 Å². The van der Waals surface area contributed by atoms with Gasteiger partial charge in [0.1, 0.15) is 0 Å². The van der Waals surface area contributed by atoms with E-state index in [0.29, 0.717) is 6.61 Å². The minimum atomic E-state index is -3.65. The zero-order chi connectivity index (χ0) is 22.4. The normalized spacial score (nSPS) is 18.6. The Kier molecular flexibility index (Phi) is 7.55. The number of hydrogen-bond donors (Lipinski definition) is 0. The topological polar surface area (TPSA) is 18.5 Å². The molecule has 1 heterocycles. The summed E-state index contributed by atoms with van der Waals surface area (Å²) in [5, 5.41) is 0. The molecule has 2 nitrogen and oxygen atoms in total. The first kappa shape index (κ1) is 23.3. The van der Waals surface area contributed by atoms with E-state index in [1.807, 2.05) is 13.8 Å². The molecule has 0 bridgehead atoms. The third-order valence-electron chi connectivity index (χ3n) is 6.33. The van der Waals surface area contributed by atoms with Gasteiger partial charge in [0, 0.05) is 0 Å². The van der Waals surface area contributed by atoms with Crippen molar-refractivity contribution in [1.29, 1.82) is 0 Å². The van der Waals surface area contributed by atoms with Gasteiger partial charge in [0.05, 0.1) is 0 Å². The van der Waals surface area contributed by atoms with Crippen molar-refractivity contribution >= 4 is 29.1 Å². The number of hydrogen-bond acceptors (Lipinski definition) is 2. The van der Waals surface area contributed by atoms with Crippen LogP contribution < -0.4 is 10.7 Å². The van der Waals surface area contributed by atoms with Gasteiger partial charge in [-0.15, -0.1) is 0 Å². The molecular weight excluding hydrogens is 499 g/mol. The van der Waals surface area contributed by atoms with Crippen LogP contribution in [0.3, 0.4) is 0 Å². The summed E-state index contributed by atoms with van der Waals surface area (Å²) in [5.41, 5.74) is 0. The van der Waals surface area contributed by atoms with Crippen molar-refractivity contribution in [3.63, 3.8) is 0 Å². The van der Waals surface area contributed by atoms with Crippen molar-refractivity contribution in [2.24, 2.45) is 0 Å². The van der Waals surface area contributed by atoms with Gasteiger partial charge in [-0.05, 0) is 0 Å². The molecule has 3 aromatic rings. The monoisotopic (exact) mass is 534 g/mol. The van der Waals surface area contributed by atoms with Crippen LogP contribution in [0.5, 0.6) is 0 Å². The fraction of sp³-hybridized carbons (Fsp3) is 0.310. The summed E-state index contributed by atoms with van der Waals surface area (Å²) in [6.45, 7) is 6.92. The SMILES string of the molecule is CCCC/C=[C](\[C@H]1COC(C)(C)O1)[Sn]([c]1ccccc1)([c]1ccccc1)[c]1ccccc1. The number of rotatable bonds is 8. The molecule has 3 aromatic carbocycles. The number of unbranched alkanes of at least 4 members (excludes halogenated alkanes) is 2. The number of ether oxygens (including phenoxy) is 2. The summed E-state index contributed by atoms with van der Waals surface area (Å²) in [5.74, 6) is -0.559. The molecule has 4 rings (SSSR count). The summed E-state index contributed by atoms with van der Waals surface area (Å²) in [6.07, 6.45) is 5.92. The fourth-order valence-corrected chi connectivity index (χ4v) is 19.6.